The fourth-order valence-electron chi connectivity index (χ4n) is 2.79. The first-order valence-electron chi connectivity index (χ1n) is 10.5. The van der Waals surface area contributed by atoms with Crippen LogP contribution in [0.4, 0.5) is 17.1 Å². The van der Waals surface area contributed by atoms with Gasteiger partial charge in [-0.15, -0.1) is 0 Å². The summed E-state index contributed by atoms with van der Waals surface area (Å²) < 4.78 is 5.76. The summed E-state index contributed by atoms with van der Waals surface area (Å²) in [5.74, 6) is 0.495. The van der Waals surface area contributed by atoms with Gasteiger partial charge in [0, 0.05) is 22.5 Å². The van der Waals surface area contributed by atoms with Crippen molar-refractivity contribution in [2.45, 2.75) is 27.4 Å². The highest BCUT2D eigenvalue weighted by Gasteiger charge is 2.21. The molecule has 0 heterocycles. The maximum atomic E-state index is 12.3. The van der Waals surface area contributed by atoms with Crippen LogP contribution in [0.2, 0.25) is 0 Å². The van der Waals surface area contributed by atoms with Gasteiger partial charge in [0.15, 0.2) is 0 Å². The van der Waals surface area contributed by atoms with Gasteiger partial charge in [0.05, 0.1) is 6.54 Å². The number of rotatable bonds is 8. The Morgan fingerprint density at radius 1 is 0.781 bits per heavy atom. The lowest BCUT2D eigenvalue weighted by Gasteiger charge is -2.18. The van der Waals surface area contributed by atoms with E-state index in [1.165, 1.54) is 0 Å². The molecule has 0 aromatic heterocycles. The van der Waals surface area contributed by atoms with Crippen LogP contribution in [0.1, 0.15) is 26.3 Å². The van der Waals surface area contributed by atoms with Crippen molar-refractivity contribution in [1.82, 2.24) is 0 Å². The first-order chi connectivity index (χ1) is 15.3. The minimum atomic E-state index is -0.481. The first-order valence-corrected chi connectivity index (χ1v) is 10.5. The van der Waals surface area contributed by atoms with Gasteiger partial charge < -0.3 is 20.7 Å². The number of ether oxygens (including phenoxy) is 1. The molecule has 3 aromatic carbocycles. The highest BCUT2D eigenvalue weighted by atomic mass is 16.5. The van der Waals surface area contributed by atoms with Crippen LogP contribution in [-0.4, -0.2) is 18.4 Å². The molecule has 0 radical (unpaired) electrons. The van der Waals surface area contributed by atoms with E-state index in [0.717, 1.165) is 17.0 Å². The van der Waals surface area contributed by atoms with E-state index in [4.69, 9.17) is 4.74 Å². The number of hydrogen-bond donors (Lipinski definition) is 3. The molecule has 3 aromatic rings. The predicted molar refractivity (Wildman–Crippen MR) is 129 cm³/mol. The summed E-state index contributed by atoms with van der Waals surface area (Å²) in [6.07, 6.45) is 0. The lowest BCUT2D eigenvalue weighted by molar-refractivity contribution is -0.123. The van der Waals surface area contributed by atoms with Gasteiger partial charge in [-0.2, -0.15) is 0 Å². The molecule has 0 fully saturated rings. The van der Waals surface area contributed by atoms with E-state index in [-0.39, 0.29) is 18.4 Å². The fraction of sp³-hybridized carbons (Fsp3) is 0.231. The second-order valence-electron chi connectivity index (χ2n) is 8.49. The molecule has 0 unspecified atom stereocenters. The minimum Gasteiger partial charge on any atom is -0.489 e. The van der Waals surface area contributed by atoms with Crippen LogP contribution in [0.3, 0.4) is 0 Å². The molecule has 0 aliphatic heterocycles. The average Bonchev–Trinajstić information content (AvgIpc) is 2.77. The third kappa shape index (κ3) is 7.16. The van der Waals surface area contributed by atoms with Gasteiger partial charge in [-0.05, 0) is 48.0 Å². The van der Waals surface area contributed by atoms with Crippen LogP contribution in [0, 0.1) is 5.41 Å². The Morgan fingerprint density at radius 2 is 1.47 bits per heavy atom. The zero-order valence-corrected chi connectivity index (χ0v) is 18.6. The number of carbonyl (C=O) groups is 2. The third-order valence-corrected chi connectivity index (χ3v) is 4.64. The zero-order valence-electron chi connectivity index (χ0n) is 18.6. The van der Waals surface area contributed by atoms with E-state index in [1.807, 2.05) is 81.4 Å². The molecule has 0 bridgehead atoms. The number of nitrogens with one attached hydrogen (secondary N) is 3. The second kappa shape index (κ2) is 10.5. The van der Waals surface area contributed by atoms with E-state index in [2.05, 4.69) is 16.0 Å². The Hall–Kier alpha value is -3.80. The molecule has 0 aliphatic rings. The predicted octanol–water partition coefficient (Wildman–Crippen LogP) is 5.30. The summed E-state index contributed by atoms with van der Waals surface area (Å²) >= 11 is 0. The van der Waals surface area contributed by atoms with Gasteiger partial charge >= 0.3 is 0 Å². The summed E-state index contributed by atoms with van der Waals surface area (Å²) in [6, 6.07) is 24.5. The van der Waals surface area contributed by atoms with E-state index >= 15 is 0 Å². The Balaban J connectivity index is 1.46. The van der Waals surface area contributed by atoms with Gasteiger partial charge in [0.25, 0.3) is 0 Å². The largest absolute Gasteiger partial charge is 0.489 e. The van der Waals surface area contributed by atoms with Crippen LogP contribution in [0.5, 0.6) is 5.75 Å². The van der Waals surface area contributed by atoms with Crippen molar-refractivity contribution in [3.63, 3.8) is 0 Å². The molecule has 6 nitrogen and oxygen atoms in total. The topological polar surface area (TPSA) is 79.5 Å². The van der Waals surface area contributed by atoms with Crippen molar-refractivity contribution >= 4 is 28.9 Å². The molecule has 166 valence electrons. The maximum Gasteiger partial charge on any atom is 0.243 e. The third-order valence-electron chi connectivity index (χ3n) is 4.64. The van der Waals surface area contributed by atoms with Crippen molar-refractivity contribution in [1.29, 1.82) is 0 Å². The molecule has 0 saturated heterocycles. The highest BCUT2D eigenvalue weighted by Crippen LogP contribution is 2.20. The number of anilines is 3. The molecule has 32 heavy (non-hydrogen) atoms. The number of amides is 2. The summed E-state index contributed by atoms with van der Waals surface area (Å²) in [4.78, 5) is 24.4. The van der Waals surface area contributed by atoms with Crippen LogP contribution in [0.15, 0.2) is 78.9 Å². The SMILES string of the molecule is CC(C)(C)C(=O)Nc1cccc(NCC(=O)Nc2ccc(OCc3ccccc3)cc2)c1. The normalized spacial score (nSPS) is 10.8. The minimum absolute atomic E-state index is 0.0661. The van der Waals surface area contributed by atoms with E-state index in [1.54, 1.807) is 18.2 Å². The van der Waals surface area contributed by atoms with Crippen molar-refractivity contribution in [3.05, 3.63) is 84.4 Å². The molecule has 3 N–H and O–H groups in total. The Kier molecular flexibility index (Phi) is 7.49. The summed E-state index contributed by atoms with van der Waals surface area (Å²) in [5.41, 5.74) is 2.73. The fourth-order valence-corrected chi connectivity index (χ4v) is 2.79. The van der Waals surface area contributed by atoms with Gasteiger partial charge in [-0.3, -0.25) is 9.59 Å². The van der Waals surface area contributed by atoms with Crippen molar-refractivity contribution in [3.8, 4) is 5.75 Å². The van der Waals surface area contributed by atoms with Crippen LogP contribution in [0.25, 0.3) is 0 Å². The highest BCUT2D eigenvalue weighted by molar-refractivity contribution is 5.95. The summed E-state index contributed by atoms with van der Waals surface area (Å²) in [6.45, 7) is 6.17. The maximum absolute atomic E-state index is 12.3. The lowest BCUT2D eigenvalue weighted by Crippen LogP contribution is -2.27. The van der Waals surface area contributed by atoms with Crippen molar-refractivity contribution in [2.75, 3.05) is 22.5 Å². The Labute approximate surface area is 189 Å². The van der Waals surface area contributed by atoms with Gasteiger partial charge in [0.1, 0.15) is 12.4 Å². The van der Waals surface area contributed by atoms with Gasteiger partial charge in [0.2, 0.25) is 11.8 Å². The Morgan fingerprint density at radius 3 is 2.16 bits per heavy atom. The molecule has 2 amide bonds. The van der Waals surface area contributed by atoms with Gasteiger partial charge in [-0.1, -0.05) is 57.2 Å². The molecule has 0 saturated carbocycles. The molecule has 0 spiro atoms. The molecular weight excluding hydrogens is 402 g/mol. The second-order valence-corrected chi connectivity index (χ2v) is 8.49. The molecule has 6 heteroatoms. The molecule has 3 rings (SSSR count). The number of hydrogen-bond acceptors (Lipinski definition) is 4. The molecule has 0 aliphatic carbocycles. The molecular formula is C26H29N3O3. The van der Waals surface area contributed by atoms with Crippen LogP contribution >= 0.6 is 0 Å². The average molecular weight is 432 g/mol. The zero-order chi connectivity index (χ0) is 23.0. The van der Waals surface area contributed by atoms with Crippen molar-refractivity contribution < 1.29 is 14.3 Å². The molecule has 0 atom stereocenters. The number of benzene rings is 3. The smallest absolute Gasteiger partial charge is 0.243 e. The van der Waals surface area contributed by atoms with E-state index in [9.17, 15) is 9.59 Å². The number of carbonyl (C=O) groups excluding carboxylic acids is 2. The van der Waals surface area contributed by atoms with E-state index in [0.29, 0.717) is 18.0 Å². The quantitative estimate of drug-likeness (QED) is 0.452. The summed E-state index contributed by atoms with van der Waals surface area (Å²) in [7, 11) is 0. The monoisotopic (exact) mass is 431 g/mol. The van der Waals surface area contributed by atoms with Crippen LogP contribution < -0.4 is 20.7 Å². The van der Waals surface area contributed by atoms with Crippen LogP contribution in [-0.2, 0) is 16.2 Å². The summed E-state index contributed by atoms with van der Waals surface area (Å²) in [5, 5.41) is 8.82. The first kappa shape index (κ1) is 22.9. The van der Waals surface area contributed by atoms with Gasteiger partial charge in [-0.25, -0.2) is 0 Å². The standard InChI is InChI=1S/C26H29N3O3/c1-26(2,3)25(31)29-22-11-7-10-21(16-22)27-17-24(30)28-20-12-14-23(15-13-20)32-18-19-8-5-4-6-9-19/h4-16,27H,17-18H2,1-3H3,(H,28,30)(H,29,31). The van der Waals surface area contributed by atoms with Crippen molar-refractivity contribution in [2.24, 2.45) is 5.41 Å². The lowest BCUT2D eigenvalue weighted by atomic mass is 9.95. The Bertz CT molecular complexity index is 1040. The van der Waals surface area contributed by atoms with E-state index < -0.39 is 5.41 Å².